The number of thioether (sulfide) groups is 1. The molecule has 0 N–H and O–H groups in total. The summed E-state index contributed by atoms with van der Waals surface area (Å²) in [5, 5.41) is 11.3. The fourth-order valence-corrected chi connectivity index (χ4v) is 2.72. The molecule has 0 saturated heterocycles. The smallest absolute Gasteiger partial charge is 0.224 e. The molecule has 0 fully saturated rings. The molecule has 0 rings (SSSR count). The Morgan fingerprint density at radius 3 is 2.08 bits per heavy atom. The lowest BCUT2D eigenvalue weighted by Gasteiger charge is -2.19. The van der Waals surface area contributed by atoms with Crippen molar-refractivity contribution in [2.75, 3.05) is 0 Å². The van der Waals surface area contributed by atoms with Crippen molar-refractivity contribution in [1.29, 1.82) is 0 Å². The summed E-state index contributed by atoms with van der Waals surface area (Å²) in [5.74, 6) is 0. The van der Waals surface area contributed by atoms with E-state index in [1.165, 1.54) is 0 Å². The van der Waals surface area contributed by atoms with Gasteiger partial charge in [-0.3, -0.25) is 10.1 Å². The maximum atomic E-state index is 10.7. The number of hydrogen-bond donors (Lipinski definition) is 0. The van der Waals surface area contributed by atoms with Gasteiger partial charge >= 0.3 is 0 Å². The Bertz CT molecular complexity index is 162. The van der Waals surface area contributed by atoms with Gasteiger partial charge in [-0.2, -0.15) is 0 Å². The third-order valence-electron chi connectivity index (χ3n) is 1.97. The topological polar surface area (TPSA) is 43.1 Å². The SMILES string of the molecule is CC[C@H](SC(C)C)[C@@H](CC)[N+](=O)[O-]. The Labute approximate surface area is 84.4 Å². The molecule has 78 valence electrons. The van der Waals surface area contributed by atoms with E-state index in [0.717, 1.165) is 6.42 Å². The summed E-state index contributed by atoms with van der Waals surface area (Å²) in [7, 11) is 0. The number of rotatable bonds is 6. The van der Waals surface area contributed by atoms with Crippen molar-refractivity contribution in [3.05, 3.63) is 10.1 Å². The highest BCUT2D eigenvalue weighted by atomic mass is 32.2. The van der Waals surface area contributed by atoms with E-state index < -0.39 is 0 Å². The van der Waals surface area contributed by atoms with E-state index in [0.29, 0.717) is 11.7 Å². The van der Waals surface area contributed by atoms with E-state index in [-0.39, 0.29) is 16.2 Å². The van der Waals surface area contributed by atoms with Crippen LogP contribution >= 0.6 is 11.8 Å². The molecule has 0 spiro atoms. The fourth-order valence-electron chi connectivity index (χ4n) is 1.36. The van der Waals surface area contributed by atoms with E-state index in [9.17, 15) is 10.1 Å². The van der Waals surface area contributed by atoms with Crippen LogP contribution in [0.15, 0.2) is 0 Å². The van der Waals surface area contributed by atoms with Gasteiger partial charge < -0.3 is 0 Å². The average Bonchev–Trinajstić information content (AvgIpc) is 2.02. The van der Waals surface area contributed by atoms with E-state index in [4.69, 9.17) is 0 Å². The van der Waals surface area contributed by atoms with E-state index in [1.54, 1.807) is 11.8 Å². The highest BCUT2D eigenvalue weighted by Gasteiger charge is 2.29. The minimum atomic E-state index is -0.377. The first-order chi connectivity index (χ1) is 6.02. The Morgan fingerprint density at radius 1 is 1.31 bits per heavy atom. The van der Waals surface area contributed by atoms with Crippen LogP contribution in [-0.4, -0.2) is 21.5 Å². The van der Waals surface area contributed by atoms with Crippen LogP contribution in [0.5, 0.6) is 0 Å². The van der Waals surface area contributed by atoms with Crippen LogP contribution in [0.25, 0.3) is 0 Å². The van der Waals surface area contributed by atoms with Crippen LogP contribution in [0.3, 0.4) is 0 Å². The van der Waals surface area contributed by atoms with Crippen LogP contribution in [0, 0.1) is 10.1 Å². The zero-order chi connectivity index (χ0) is 10.4. The summed E-state index contributed by atoms with van der Waals surface area (Å²) in [4.78, 5) is 10.6. The van der Waals surface area contributed by atoms with Gasteiger partial charge in [0.15, 0.2) is 0 Å². The highest BCUT2D eigenvalue weighted by Crippen LogP contribution is 2.25. The quantitative estimate of drug-likeness (QED) is 0.494. The second kappa shape index (κ2) is 6.24. The molecule has 0 unspecified atom stereocenters. The lowest BCUT2D eigenvalue weighted by atomic mass is 10.1. The van der Waals surface area contributed by atoms with Crippen molar-refractivity contribution in [2.45, 2.75) is 57.1 Å². The van der Waals surface area contributed by atoms with Crippen molar-refractivity contribution in [1.82, 2.24) is 0 Å². The van der Waals surface area contributed by atoms with Gasteiger partial charge in [-0.25, -0.2) is 0 Å². The Balaban J connectivity index is 4.25. The molecule has 0 aliphatic heterocycles. The van der Waals surface area contributed by atoms with Gasteiger partial charge in [0, 0.05) is 11.3 Å². The van der Waals surface area contributed by atoms with Crippen molar-refractivity contribution in [2.24, 2.45) is 0 Å². The molecule has 4 heteroatoms. The van der Waals surface area contributed by atoms with Crippen LogP contribution in [-0.2, 0) is 0 Å². The Morgan fingerprint density at radius 2 is 1.85 bits per heavy atom. The zero-order valence-electron chi connectivity index (χ0n) is 8.82. The molecule has 0 heterocycles. The molecule has 0 amide bonds. The van der Waals surface area contributed by atoms with Crippen molar-refractivity contribution < 1.29 is 4.92 Å². The Kier molecular flexibility index (Phi) is 6.12. The van der Waals surface area contributed by atoms with E-state index >= 15 is 0 Å². The lowest BCUT2D eigenvalue weighted by Crippen LogP contribution is -2.31. The normalized spacial score (nSPS) is 15.8. The molecule has 0 aliphatic carbocycles. The minimum absolute atomic E-state index is 0.135. The second-order valence-corrected chi connectivity index (χ2v) is 5.21. The molecule has 0 aromatic carbocycles. The molecule has 0 aromatic heterocycles. The van der Waals surface area contributed by atoms with Crippen LogP contribution < -0.4 is 0 Å². The fraction of sp³-hybridized carbons (Fsp3) is 1.00. The predicted octanol–water partition coefficient (Wildman–Crippen LogP) is 2.96. The molecule has 0 saturated carbocycles. The summed E-state index contributed by atoms with van der Waals surface area (Å²) < 4.78 is 0. The molecule has 2 atom stereocenters. The van der Waals surface area contributed by atoms with E-state index in [2.05, 4.69) is 13.8 Å². The summed E-state index contributed by atoms with van der Waals surface area (Å²) >= 11 is 1.72. The summed E-state index contributed by atoms with van der Waals surface area (Å²) in [5.41, 5.74) is 0. The molecule has 0 aromatic rings. The van der Waals surface area contributed by atoms with E-state index in [1.807, 2.05) is 13.8 Å². The molecule has 3 nitrogen and oxygen atoms in total. The monoisotopic (exact) mass is 205 g/mol. The summed E-state index contributed by atoms with van der Waals surface area (Å²) in [6.07, 6.45) is 1.51. The molecular formula is C9H19NO2S. The van der Waals surface area contributed by atoms with Crippen LogP contribution in [0.2, 0.25) is 0 Å². The predicted molar refractivity (Wildman–Crippen MR) is 57.9 cm³/mol. The number of hydrogen-bond acceptors (Lipinski definition) is 3. The minimum Gasteiger partial charge on any atom is -0.264 e. The lowest BCUT2D eigenvalue weighted by molar-refractivity contribution is -0.522. The van der Waals surface area contributed by atoms with Crippen molar-refractivity contribution in [3.63, 3.8) is 0 Å². The van der Waals surface area contributed by atoms with Gasteiger partial charge in [-0.15, -0.1) is 11.8 Å². The Hall–Kier alpha value is -0.250. The average molecular weight is 205 g/mol. The van der Waals surface area contributed by atoms with Gasteiger partial charge in [0.1, 0.15) is 0 Å². The first kappa shape index (κ1) is 12.8. The van der Waals surface area contributed by atoms with Crippen LogP contribution in [0.1, 0.15) is 40.5 Å². The van der Waals surface area contributed by atoms with Gasteiger partial charge in [0.25, 0.3) is 0 Å². The van der Waals surface area contributed by atoms with Gasteiger partial charge in [0.05, 0.1) is 5.25 Å². The molecule has 0 bridgehead atoms. The molecular weight excluding hydrogens is 186 g/mol. The van der Waals surface area contributed by atoms with Crippen LogP contribution in [0.4, 0.5) is 0 Å². The number of nitrogens with zero attached hydrogens (tertiary/aromatic N) is 1. The van der Waals surface area contributed by atoms with Crippen molar-refractivity contribution in [3.8, 4) is 0 Å². The third-order valence-corrected chi connectivity index (χ3v) is 3.51. The largest absolute Gasteiger partial charge is 0.264 e. The van der Waals surface area contributed by atoms with Crippen molar-refractivity contribution >= 4 is 11.8 Å². The maximum absolute atomic E-state index is 10.7. The standard InChI is InChI=1S/C9H19NO2S/c1-5-8(10(11)12)9(6-2)13-7(3)4/h7-9H,5-6H2,1-4H3/t8-,9+/m1/s1. The highest BCUT2D eigenvalue weighted by molar-refractivity contribution is 8.00. The molecule has 0 aliphatic rings. The molecule has 0 radical (unpaired) electrons. The van der Waals surface area contributed by atoms with Gasteiger partial charge in [-0.05, 0) is 11.7 Å². The second-order valence-electron chi connectivity index (χ2n) is 3.39. The zero-order valence-corrected chi connectivity index (χ0v) is 9.63. The van der Waals surface area contributed by atoms with Gasteiger partial charge in [-0.1, -0.05) is 27.7 Å². The summed E-state index contributed by atoms with van der Waals surface area (Å²) in [6, 6.07) is -0.377. The number of nitro groups is 1. The first-order valence-electron chi connectivity index (χ1n) is 4.81. The third kappa shape index (κ3) is 4.50. The van der Waals surface area contributed by atoms with Gasteiger partial charge in [0.2, 0.25) is 6.04 Å². The first-order valence-corrected chi connectivity index (χ1v) is 5.76. The molecule has 13 heavy (non-hydrogen) atoms. The maximum Gasteiger partial charge on any atom is 0.224 e. The summed E-state index contributed by atoms with van der Waals surface area (Å²) in [6.45, 7) is 8.07.